The maximum absolute atomic E-state index is 12.0. The van der Waals surface area contributed by atoms with Gasteiger partial charge >= 0.3 is 11.9 Å². The second-order valence-electron chi connectivity index (χ2n) is 4.03. The summed E-state index contributed by atoms with van der Waals surface area (Å²) >= 11 is 0. The molecular formula is C12H19NO6. The predicted molar refractivity (Wildman–Crippen MR) is 64.1 cm³/mol. The third kappa shape index (κ3) is 3.66. The van der Waals surface area contributed by atoms with Crippen LogP contribution >= 0.6 is 0 Å². The van der Waals surface area contributed by atoms with E-state index in [1.54, 1.807) is 20.9 Å². The zero-order chi connectivity index (χ0) is 14.4. The Labute approximate surface area is 111 Å². The number of rotatable bonds is 5. The van der Waals surface area contributed by atoms with E-state index in [-0.39, 0.29) is 19.8 Å². The predicted octanol–water partition coefficient (Wildman–Crippen LogP) is -0.414. The van der Waals surface area contributed by atoms with Crippen LogP contribution in [0.5, 0.6) is 0 Å². The molecule has 1 saturated heterocycles. The quantitative estimate of drug-likeness (QED) is 0.500. The van der Waals surface area contributed by atoms with E-state index in [0.29, 0.717) is 6.54 Å². The van der Waals surface area contributed by atoms with Gasteiger partial charge in [-0.2, -0.15) is 0 Å². The van der Waals surface area contributed by atoms with Gasteiger partial charge in [0.1, 0.15) is 0 Å². The monoisotopic (exact) mass is 273 g/mol. The number of ether oxygens (including phenoxy) is 3. The summed E-state index contributed by atoms with van der Waals surface area (Å²) in [4.78, 5) is 37.1. The zero-order valence-electron chi connectivity index (χ0n) is 11.4. The van der Waals surface area contributed by atoms with Crippen LogP contribution in [-0.4, -0.2) is 62.3 Å². The van der Waals surface area contributed by atoms with Crippen LogP contribution in [0, 0.1) is 5.92 Å². The number of carbonyl (C=O) groups is 3. The third-order valence-electron chi connectivity index (χ3n) is 2.73. The molecule has 1 amide bonds. The normalized spacial score (nSPS) is 19.5. The first-order valence-corrected chi connectivity index (χ1v) is 6.22. The Balaban J connectivity index is 2.91. The SMILES string of the molecule is CCOC(=O)C(C(=O)OCC)C1OCCN(C)C1=O. The molecule has 108 valence electrons. The minimum atomic E-state index is -1.37. The summed E-state index contributed by atoms with van der Waals surface area (Å²) in [6.07, 6.45) is -1.17. The molecule has 0 aromatic carbocycles. The van der Waals surface area contributed by atoms with Gasteiger partial charge in [0.15, 0.2) is 12.0 Å². The molecule has 0 aliphatic carbocycles. The highest BCUT2D eigenvalue weighted by molar-refractivity contribution is 6.01. The third-order valence-corrected chi connectivity index (χ3v) is 2.73. The van der Waals surface area contributed by atoms with Crippen LogP contribution in [0.15, 0.2) is 0 Å². The van der Waals surface area contributed by atoms with Gasteiger partial charge in [-0.3, -0.25) is 14.4 Å². The summed E-state index contributed by atoms with van der Waals surface area (Å²) in [6, 6.07) is 0. The largest absolute Gasteiger partial charge is 0.465 e. The van der Waals surface area contributed by atoms with E-state index in [2.05, 4.69) is 0 Å². The van der Waals surface area contributed by atoms with Crippen molar-refractivity contribution in [2.75, 3.05) is 33.4 Å². The highest BCUT2D eigenvalue weighted by atomic mass is 16.6. The van der Waals surface area contributed by atoms with E-state index in [1.807, 2.05) is 0 Å². The lowest BCUT2D eigenvalue weighted by molar-refractivity contribution is -0.179. The molecule has 0 spiro atoms. The molecule has 0 saturated carbocycles. The number of hydrogen-bond donors (Lipinski definition) is 0. The van der Waals surface area contributed by atoms with Gasteiger partial charge in [-0.05, 0) is 13.8 Å². The minimum absolute atomic E-state index is 0.117. The van der Waals surface area contributed by atoms with E-state index in [0.717, 1.165) is 0 Å². The molecule has 19 heavy (non-hydrogen) atoms. The summed E-state index contributed by atoms with van der Waals surface area (Å²) in [7, 11) is 1.59. The molecule has 0 N–H and O–H groups in total. The molecule has 1 aliphatic heterocycles. The Kier molecular flexibility index (Phi) is 5.75. The fourth-order valence-corrected chi connectivity index (χ4v) is 1.76. The van der Waals surface area contributed by atoms with Crippen LogP contribution in [0.3, 0.4) is 0 Å². The fourth-order valence-electron chi connectivity index (χ4n) is 1.76. The summed E-state index contributed by atoms with van der Waals surface area (Å²) in [6.45, 7) is 4.17. The van der Waals surface area contributed by atoms with E-state index in [4.69, 9.17) is 14.2 Å². The summed E-state index contributed by atoms with van der Waals surface area (Å²) in [5.41, 5.74) is 0. The van der Waals surface area contributed by atoms with Crippen molar-refractivity contribution in [1.29, 1.82) is 0 Å². The molecule has 1 atom stereocenters. The molecule has 0 radical (unpaired) electrons. The van der Waals surface area contributed by atoms with Crippen LogP contribution in [0.1, 0.15) is 13.8 Å². The summed E-state index contributed by atoms with van der Waals surface area (Å²) in [5, 5.41) is 0. The lowest BCUT2D eigenvalue weighted by atomic mass is 10.0. The van der Waals surface area contributed by atoms with Crippen molar-refractivity contribution < 1.29 is 28.6 Å². The molecule has 0 aromatic rings. The smallest absolute Gasteiger partial charge is 0.323 e. The molecule has 1 rings (SSSR count). The second-order valence-corrected chi connectivity index (χ2v) is 4.03. The van der Waals surface area contributed by atoms with Crippen molar-refractivity contribution in [3.05, 3.63) is 0 Å². The Bertz CT molecular complexity index is 338. The van der Waals surface area contributed by atoms with Crippen molar-refractivity contribution >= 4 is 17.8 Å². The highest BCUT2D eigenvalue weighted by Gasteiger charge is 2.45. The van der Waals surface area contributed by atoms with Gasteiger partial charge in [-0.1, -0.05) is 0 Å². The number of nitrogens with zero attached hydrogens (tertiary/aromatic N) is 1. The molecule has 7 heteroatoms. The van der Waals surface area contributed by atoms with Gasteiger partial charge in [0.2, 0.25) is 0 Å². The Morgan fingerprint density at radius 3 is 2.32 bits per heavy atom. The number of amides is 1. The number of esters is 2. The second kappa shape index (κ2) is 7.08. The molecular weight excluding hydrogens is 254 g/mol. The first-order chi connectivity index (χ1) is 9.02. The van der Waals surface area contributed by atoms with Crippen LogP contribution < -0.4 is 0 Å². The van der Waals surface area contributed by atoms with Crippen molar-refractivity contribution in [3.8, 4) is 0 Å². The first-order valence-electron chi connectivity index (χ1n) is 6.22. The lowest BCUT2D eigenvalue weighted by Gasteiger charge is -2.32. The standard InChI is InChI=1S/C12H19NO6/c1-4-17-11(15)8(12(16)18-5-2)9-10(14)13(3)6-7-19-9/h8-9H,4-7H2,1-3H3. The molecule has 0 bridgehead atoms. The Hall–Kier alpha value is -1.63. The maximum Gasteiger partial charge on any atom is 0.323 e. The van der Waals surface area contributed by atoms with E-state index >= 15 is 0 Å². The summed E-state index contributed by atoms with van der Waals surface area (Å²) in [5.74, 6) is -3.38. The van der Waals surface area contributed by atoms with Crippen LogP contribution in [-0.2, 0) is 28.6 Å². The van der Waals surface area contributed by atoms with Crippen LogP contribution in [0.25, 0.3) is 0 Å². The molecule has 7 nitrogen and oxygen atoms in total. The van der Waals surface area contributed by atoms with Gasteiger partial charge in [0.05, 0.1) is 19.8 Å². The Morgan fingerprint density at radius 1 is 1.32 bits per heavy atom. The lowest BCUT2D eigenvalue weighted by Crippen LogP contribution is -2.53. The molecule has 1 unspecified atom stereocenters. The van der Waals surface area contributed by atoms with Gasteiger partial charge in [0, 0.05) is 13.6 Å². The van der Waals surface area contributed by atoms with Crippen LogP contribution in [0.2, 0.25) is 0 Å². The average Bonchev–Trinajstić information content (AvgIpc) is 2.35. The number of morpholine rings is 1. The van der Waals surface area contributed by atoms with E-state index in [1.165, 1.54) is 4.90 Å². The molecule has 1 aliphatic rings. The maximum atomic E-state index is 12.0. The van der Waals surface area contributed by atoms with Crippen molar-refractivity contribution in [1.82, 2.24) is 4.90 Å². The van der Waals surface area contributed by atoms with Crippen molar-refractivity contribution in [3.63, 3.8) is 0 Å². The van der Waals surface area contributed by atoms with Gasteiger partial charge in [-0.15, -0.1) is 0 Å². The number of likely N-dealkylation sites (N-methyl/N-ethyl adjacent to an activating group) is 1. The molecule has 0 aromatic heterocycles. The minimum Gasteiger partial charge on any atom is -0.465 e. The van der Waals surface area contributed by atoms with Gasteiger partial charge in [-0.25, -0.2) is 0 Å². The van der Waals surface area contributed by atoms with E-state index < -0.39 is 29.9 Å². The highest BCUT2D eigenvalue weighted by Crippen LogP contribution is 2.18. The summed E-state index contributed by atoms with van der Waals surface area (Å²) < 4.78 is 14.9. The van der Waals surface area contributed by atoms with Crippen molar-refractivity contribution in [2.45, 2.75) is 20.0 Å². The van der Waals surface area contributed by atoms with Gasteiger partial charge < -0.3 is 19.1 Å². The topological polar surface area (TPSA) is 82.1 Å². The molecule has 1 heterocycles. The average molecular weight is 273 g/mol. The van der Waals surface area contributed by atoms with Crippen LogP contribution in [0.4, 0.5) is 0 Å². The van der Waals surface area contributed by atoms with Gasteiger partial charge in [0.25, 0.3) is 5.91 Å². The fraction of sp³-hybridized carbons (Fsp3) is 0.750. The molecule has 1 fully saturated rings. The van der Waals surface area contributed by atoms with E-state index in [9.17, 15) is 14.4 Å². The number of hydrogen-bond acceptors (Lipinski definition) is 6. The van der Waals surface area contributed by atoms with Crippen molar-refractivity contribution in [2.24, 2.45) is 5.92 Å². The zero-order valence-corrected chi connectivity index (χ0v) is 11.4. The first kappa shape index (κ1) is 15.4. The Morgan fingerprint density at radius 2 is 1.84 bits per heavy atom. The number of carbonyl (C=O) groups excluding carboxylic acids is 3.